The fourth-order valence-electron chi connectivity index (χ4n) is 2.60. The molecule has 0 fully saturated rings. The van der Waals surface area contributed by atoms with Crippen molar-refractivity contribution >= 4 is 22.7 Å². The van der Waals surface area contributed by atoms with Gasteiger partial charge < -0.3 is 19.2 Å². The van der Waals surface area contributed by atoms with Gasteiger partial charge in [0, 0.05) is 11.3 Å². The zero-order valence-corrected chi connectivity index (χ0v) is 15.5. The molecule has 0 radical (unpaired) electrons. The maximum absolute atomic E-state index is 5.80. The summed E-state index contributed by atoms with van der Waals surface area (Å²) in [4.78, 5) is 17.1. The van der Waals surface area contributed by atoms with Crippen LogP contribution in [0, 0.1) is 0 Å². The molecular formula is C20H19N5O3. The Kier molecular flexibility index (Phi) is 5.01. The fraction of sp³-hybridized carbons (Fsp3) is 0.200. The number of anilines is 2. The van der Waals surface area contributed by atoms with Gasteiger partial charge in [-0.2, -0.15) is 9.97 Å². The van der Waals surface area contributed by atoms with Crippen LogP contribution in [0.5, 0.6) is 12.0 Å². The molecule has 8 heteroatoms. The second kappa shape index (κ2) is 7.91. The van der Waals surface area contributed by atoms with E-state index >= 15 is 0 Å². The third-order valence-corrected chi connectivity index (χ3v) is 3.82. The first-order chi connectivity index (χ1) is 13.7. The van der Waals surface area contributed by atoms with E-state index in [0.717, 1.165) is 22.4 Å². The minimum Gasteiger partial charge on any atom is -0.464 e. The normalized spacial score (nSPS) is 10.8. The summed E-state index contributed by atoms with van der Waals surface area (Å²) in [5.74, 6) is 0.918. The van der Waals surface area contributed by atoms with Gasteiger partial charge in [-0.15, -0.1) is 4.98 Å². The molecule has 8 nitrogen and oxygen atoms in total. The molecule has 0 amide bonds. The van der Waals surface area contributed by atoms with Crippen molar-refractivity contribution in [1.29, 1.82) is 0 Å². The van der Waals surface area contributed by atoms with Gasteiger partial charge in [-0.1, -0.05) is 12.1 Å². The molecule has 0 spiro atoms. The Morgan fingerprint density at radius 2 is 1.50 bits per heavy atom. The summed E-state index contributed by atoms with van der Waals surface area (Å²) >= 11 is 0. The Balaban J connectivity index is 1.55. The summed E-state index contributed by atoms with van der Waals surface area (Å²) in [5, 5.41) is 3.13. The molecule has 4 rings (SSSR count). The first-order valence-electron chi connectivity index (χ1n) is 9.00. The molecule has 1 N–H and O–H groups in total. The molecule has 0 aliphatic rings. The Labute approximate surface area is 161 Å². The standard InChI is InChI=1S/C20H19N5O3/c1-3-26-19-23-18(24-20(25-19)27-4-2)21-14-11-9-13(10-12-14)17-22-15-7-5-6-8-16(15)28-17/h5-12H,3-4H2,1-2H3,(H,21,23,24,25). The number of ether oxygens (including phenoxy) is 2. The van der Waals surface area contributed by atoms with E-state index in [4.69, 9.17) is 13.9 Å². The molecule has 4 aromatic rings. The van der Waals surface area contributed by atoms with Gasteiger partial charge in [-0.25, -0.2) is 4.98 Å². The highest BCUT2D eigenvalue weighted by Gasteiger charge is 2.10. The summed E-state index contributed by atoms with van der Waals surface area (Å²) in [6.45, 7) is 4.63. The summed E-state index contributed by atoms with van der Waals surface area (Å²) in [5.41, 5.74) is 3.27. The highest BCUT2D eigenvalue weighted by atomic mass is 16.5. The van der Waals surface area contributed by atoms with Crippen molar-refractivity contribution in [3.8, 4) is 23.5 Å². The van der Waals surface area contributed by atoms with Crippen LogP contribution in [0.4, 0.5) is 11.6 Å². The van der Waals surface area contributed by atoms with Gasteiger partial charge in [-0.05, 0) is 50.2 Å². The minimum absolute atomic E-state index is 0.214. The average molecular weight is 377 g/mol. The molecule has 0 bridgehead atoms. The molecule has 0 aliphatic carbocycles. The molecule has 0 saturated carbocycles. The zero-order valence-electron chi connectivity index (χ0n) is 15.5. The lowest BCUT2D eigenvalue weighted by atomic mass is 10.2. The van der Waals surface area contributed by atoms with E-state index < -0.39 is 0 Å². The predicted molar refractivity (Wildman–Crippen MR) is 105 cm³/mol. The van der Waals surface area contributed by atoms with Crippen molar-refractivity contribution in [2.75, 3.05) is 18.5 Å². The van der Waals surface area contributed by atoms with Crippen LogP contribution in [-0.4, -0.2) is 33.1 Å². The van der Waals surface area contributed by atoms with E-state index in [0.29, 0.717) is 25.1 Å². The number of para-hydroxylation sites is 2. The summed E-state index contributed by atoms with van der Waals surface area (Å²) < 4.78 is 16.5. The SMILES string of the molecule is CCOc1nc(Nc2ccc(-c3nc4ccccc4o3)cc2)nc(OCC)n1. The first kappa shape index (κ1) is 17.7. The number of fused-ring (bicyclic) bond motifs is 1. The zero-order chi connectivity index (χ0) is 19.3. The van der Waals surface area contributed by atoms with Crippen molar-refractivity contribution in [2.45, 2.75) is 13.8 Å². The monoisotopic (exact) mass is 377 g/mol. The number of hydrogen-bond donors (Lipinski definition) is 1. The molecule has 0 unspecified atom stereocenters. The van der Waals surface area contributed by atoms with Crippen molar-refractivity contribution in [1.82, 2.24) is 19.9 Å². The van der Waals surface area contributed by atoms with Crippen molar-refractivity contribution < 1.29 is 13.9 Å². The Morgan fingerprint density at radius 3 is 2.14 bits per heavy atom. The molecule has 28 heavy (non-hydrogen) atoms. The van der Waals surface area contributed by atoms with Crippen molar-refractivity contribution in [3.05, 3.63) is 48.5 Å². The highest BCUT2D eigenvalue weighted by Crippen LogP contribution is 2.26. The van der Waals surface area contributed by atoms with Gasteiger partial charge in [0.15, 0.2) is 5.58 Å². The summed E-state index contributed by atoms with van der Waals surface area (Å²) in [7, 11) is 0. The van der Waals surface area contributed by atoms with Gasteiger partial charge in [0.1, 0.15) is 5.52 Å². The number of nitrogens with zero attached hydrogens (tertiary/aromatic N) is 4. The van der Waals surface area contributed by atoms with E-state index in [1.807, 2.05) is 62.4 Å². The molecular weight excluding hydrogens is 358 g/mol. The van der Waals surface area contributed by atoms with E-state index in [2.05, 4.69) is 25.3 Å². The van der Waals surface area contributed by atoms with Crippen LogP contribution < -0.4 is 14.8 Å². The number of nitrogens with one attached hydrogen (secondary N) is 1. The second-order valence-electron chi connectivity index (χ2n) is 5.78. The maximum atomic E-state index is 5.80. The van der Waals surface area contributed by atoms with Gasteiger partial charge >= 0.3 is 12.0 Å². The van der Waals surface area contributed by atoms with E-state index in [1.54, 1.807) is 0 Å². The number of rotatable bonds is 7. The highest BCUT2D eigenvalue weighted by molar-refractivity contribution is 5.76. The van der Waals surface area contributed by atoms with Crippen molar-refractivity contribution in [3.63, 3.8) is 0 Å². The van der Waals surface area contributed by atoms with Gasteiger partial charge in [-0.3, -0.25) is 0 Å². The van der Waals surface area contributed by atoms with Crippen LogP contribution in [0.3, 0.4) is 0 Å². The Hall–Kier alpha value is -3.68. The quantitative estimate of drug-likeness (QED) is 0.511. The first-order valence-corrected chi connectivity index (χ1v) is 9.00. The van der Waals surface area contributed by atoms with E-state index in [-0.39, 0.29) is 12.0 Å². The third-order valence-electron chi connectivity index (χ3n) is 3.82. The third kappa shape index (κ3) is 3.85. The average Bonchev–Trinajstić information content (AvgIpc) is 3.13. The molecule has 0 saturated heterocycles. The summed E-state index contributed by atoms with van der Waals surface area (Å²) in [6.07, 6.45) is 0. The van der Waals surface area contributed by atoms with Crippen LogP contribution in [0.25, 0.3) is 22.6 Å². The largest absolute Gasteiger partial charge is 0.464 e. The van der Waals surface area contributed by atoms with Crippen LogP contribution >= 0.6 is 0 Å². The van der Waals surface area contributed by atoms with Crippen molar-refractivity contribution in [2.24, 2.45) is 0 Å². The van der Waals surface area contributed by atoms with Gasteiger partial charge in [0.25, 0.3) is 0 Å². The molecule has 2 aromatic heterocycles. The molecule has 0 aliphatic heterocycles. The fourth-order valence-corrected chi connectivity index (χ4v) is 2.60. The number of hydrogen-bond acceptors (Lipinski definition) is 8. The molecule has 142 valence electrons. The Morgan fingerprint density at radius 1 is 0.821 bits per heavy atom. The van der Waals surface area contributed by atoms with Crippen LogP contribution in [-0.2, 0) is 0 Å². The maximum Gasteiger partial charge on any atom is 0.324 e. The van der Waals surface area contributed by atoms with Gasteiger partial charge in [0.2, 0.25) is 11.8 Å². The predicted octanol–water partition coefficient (Wildman–Crippen LogP) is 4.22. The Bertz CT molecular complexity index is 1020. The van der Waals surface area contributed by atoms with Gasteiger partial charge in [0.05, 0.1) is 13.2 Å². The lowest BCUT2D eigenvalue weighted by molar-refractivity contribution is 0.280. The number of oxazole rings is 1. The smallest absolute Gasteiger partial charge is 0.324 e. The van der Waals surface area contributed by atoms with E-state index in [1.165, 1.54) is 0 Å². The lowest BCUT2D eigenvalue weighted by Gasteiger charge is -2.09. The second-order valence-corrected chi connectivity index (χ2v) is 5.78. The van der Waals surface area contributed by atoms with Crippen LogP contribution in [0.15, 0.2) is 52.9 Å². The lowest BCUT2D eigenvalue weighted by Crippen LogP contribution is -2.06. The number of aromatic nitrogens is 4. The van der Waals surface area contributed by atoms with Crippen LogP contribution in [0.1, 0.15) is 13.8 Å². The topological polar surface area (TPSA) is 95.2 Å². The molecule has 0 atom stereocenters. The molecule has 2 heterocycles. The van der Waals surface area contributed by atoms with Crippen LogP contribution in [0.2, 0.25) is 0 Å². The molecule has 2 aromatic carbocycles. The summed E-state index contributed by atoms with van der Waals surface area (Å²) in [6, 6.07) is 15.7. The number of benzene rings is 2. The minimum atomic E-state index is 0.214. The van der Waals surface area contributed by atoms with E-state index in [9.17, 15) is 0 Å².